The zero-order valence-electron chi connectivity index (χ0n) is 34.6. The molecule has 5 aliphatic heterocycles. The highest BCUT2D eigenvalue weighted by atomic mass is 16.7. The van der Waals surface area contributed by atoms with Crippen LogP contribution in [0.4, 0.5) is 4.79 Å². The number of morpholine rings is 2. The van der Waals surface area contributed by atoms with E-state index >= 15 is 0 Å². The van der Waals surface area contributed by atoms with Crippen LogP contribution in [0.25, 0.3) is 0 Å². The normalized spacial score (nSPS) is 35.1. The molecule has 316 valence electrons. The van der Waals surface area contributed by atoms with Gasteiger partial charge in [-0.1, -0.05) is 24.3 Å². The quantitative estimate of drug-likeness (QED) is 0.244. The van der Waals surface area contributed by atoms with Gasteiger partial charge in [-0.05, 0) is 82.4 Å². The minimum atomic E-state index is -0.716. The lowest BCUT2D eigenvalue weighted by atomic mass is 9.53. The van der Waals surface area contributed by atoms with Gasteiger partial charge in [0.05, 0.1) is 26.4 Å². The Morgan fingerprint density at radius 2 is 1.44 bits per heavy atom. The van der Waals surface area contributed by atoms with Gasteiger partial charge in [-0.25, -0.2) is 4.79 Å². The van der Waals surface area contributed by atoms with Gasteiger partial charge in [0.2, 0.25) is 0 Å². The van der Waals surface area contributed by atoms with Gasteiger partial charge in [0, 0.05) is 85.6 Å². The SMILES string of the molecule is CN1CC[C@]23c4c5ccc(OCCN6CCOCC6)c4O[C@H]2[C@@H](OC(=O)O[C@H]2C=C[C@@H]4C6c7c(ccc(OCCN8CCOCC8)c7O[C@H]62)C[C@H]4N(C)C)C=C[C@H]3C1C5. The third kappa shape index (κ3) is 6.36. The average Bonchev–Trinajstić information content (AvgIpc) is 3.83. The first kappa shape index (κ1) is 38.1. The fraction of sp³-hybridized carbons (Fsp3) is 0.630. The highest BCUT2D eigenvalue weighted by Gasteiger charge is 2.65. The summed E-state index contributed by atoms with van der Waals surface area (Å²) in [5, 5.41) is 0. The number of nitrogens with zero attached hydrogens (tertiary/aromatic N) is 4. The van der Waals surface area contributed by atoms with Crippen molar-refractivity contribution in [3.05, 3.63) is 70.8 Å². The van der Waals surface area contributed by atoms with Crippen LogP contribution in [0, 0.1) is 11.8 Å². The van der Waals surface area contributed by atoms with Gasteiger partial charge in [-0.2, -0.15) is 0 Å². The van der Waals surface area contributed by atoms with Crippen molar-refractivity contribution in [2.24, 2.45) is 11.8 Å². The molecule has 1 spiro atoms. The van der Waals surface area contributed by atoms with E-state index in [1.54, 1.807) is 0 Å². The molecule has 0 saturated carbocycles. The summed E-state index contributed by atoms with van der Waals surface area (Å²) in [5.74, 6) is 3.59. The van der Waals surface area contributed by atoms with Crippen molar-refractivity contribution in [2.75, 3.05) is 107 Å². The molecule has 0 amide bonds. The second kappa shape index (κ2) is 15.3. The number of ether oxygens (including phenoxy) is 8. The monoisotopic (exact) mass is 810 g/mol. The summed E-state index contributed by atoms with van der Waals surface area (Å²) in [6, 6.07) is 9.20. The van der Waals surface area contributed by atoms with Gasteiger partial charge in [0.1, 0.15) is 25.4 Å². The van der Waals surface area contributed by atoms with E-state index in [0.29, 0.717) is 19.3 Å². The number of hydrogen-bond donors (Lipinski definition) is 0. The van der Waals surface area contributed by atoms with Crippen molar-refractivity contribution in [2.45, 2.75) is 67.1 Å². The van der Waals surface area contributed by atoms with Gasteiger partial charge in [0.25, 0.3) is 0 Å². The topological polar surface area (TPSA) is 104 Å². The Morgan fingerprint density at radius 3 is 2.15 bits per heavy atom. The van der Waals surface area contributed by atoms with Crippen LogP contribution in [0.3, 0.4) is 0 Å². The molecule has 13 heteroatoms. The Kier molecular flexibility index (Phi) is 9.85. The van der Waals surface area contributed by atoms with Crippen molar-refractivity contribution in [3.8, 4) is 23.0 Å². The van der Waals surface area contributed by atoms with Crippen molar-refractivity contribution in [3.63, 3.8) is 0 Å². The van der Waals surface area contributed by atoms with Crippen molar-refractivity contribution in [1.29, 1.82) is 0 Å². The van der Waals surface area contributed by atoms with Crippen LogP contribution in [0.5, 0.6) is 23.0 Å². The third-order valence-electron chi connectivity index (χ3n) is 15.1. The number of hydrogen-bond acceptors (Lipinski definition) is 13. The predicted molar refractivity (Wildman–Crippen MR) is 218 cm³/mol. The number of likely N-dealkylation sites (N-methyl/N-ethyl adjacent to an activating group) is 2. The highest BCUT2D eigenvalue weighted by Crippen LogP contribution is 2.63. The zero-order valence-corrected chi connectivity index (χ0v) is 34.6. The Bertz CT molecular complexity index is 2000. The predicted octanol–water partition coefficient (Wildman–Crippen LogP) is 3.66. The Labute approximate surface area is 347 Å². The standard InChI is InChI=1S/C46H58N4O9/c1-47(2)32-26-28-4-8-34(54-24-18-49-14-20-52-21-15-49)41-38(28)39-30(32)6-10-36(42(39)58-41)56-45(51)57-37-11-7-31-33-27-29-5-9-35(55-25-19-50-16-22-53-23-17-50)43-40(29)46(31,44(37)59-43)12-13-48(33)3/h4-11,30-33,36-37,39,42,44H,12-27H2,1-3H3/t30-,31-,32+,33?,36-,37-,39?,42-,44-,46-/m0/s1. The molecule has 0 aromatic heterocycles. The van der Waals surface area contributed by atoms with E-state index in [-0.39, 0.29) is 29.2 Å². The Morgan fingerprint density at radius 1 is 0.780 bits per heavy atom. The number of benzene rings is 2. The Balaban J connectivity index is 0.828. The van der Waals surface area contributed by atoms with E-state index in [2.05, 4.69) is 77.2 Å². The number of carbonyl (C=O) groups excluding carboxylic acids is 1. The second-order valence-electron chi connectivity index (χ2n) is 18.2. The molecule has 11 rings (SSSR count). The van der Waals surface area contributed by atoms with E-state index in [0.717, 1.165) is 115 Å². The Hall–Kier alpha value is -3.85. The van der Waals surface area contributed by atoms with Crippen LogP contribution >= 0.6 is 0 Å². The van der Waals surface area contributed by atoms with Crippen molar-refractivity contribution < 1.29 is 42.7 Å². The van der Waals surface area contributed by atoms with Crippen LogP contribution in [0.2, 0.25) is 0 Å². The second-order valence-corrected chi connectivity index (χ2v) is 18.2. The molecular formula is C46H58N4O9. The summed E-state index contributed by atoms with van der Waals surface area (Å²) in [4.78, 5) is 23.7. The van der Waals surface area contributed by atoms with E-state index in [9.17, 15) is 4.79 Å². The van der Waals surface area contributed by atoms with Crippen molar-refractivity contribution in [1.82, 2.24) is 19.6 Å². The van der Waals surface area contributed by atoms with Gasteiger partial charge < -0.3 is 47.7 Å². The average molecular weight is 811 g/mol. The van der Waals surface area contributed by atoms with Crippen LogP contribution in [0.1, 0.15) is 34.6 Å². The molecule has 2 aromatic carbocycles. The summed E-state index contributed by atoms with van der Waals surface area (Å²) in [7, 11) is 6.52. The van der Waals surface area contributed by atoms with E-state index in [1.165, 1.54) is 22.3 Å². The lowest BCUT2D eigenvalue weighted by Crippen LogP contribution is -2.65. The van der Waals surface area contributed by atoms with Gasteiger partial charge >= 0.3 is 6.16 Å². The first-order valence-corrected chi connectivity index (χ1v) is 22.0. The molecule has 10 atom stereocenters. The molecule has 13 nitrogen and oxygen atoms in total. The van der Waals surface area contributed by atoms with E-state index in [4.69, 9.17) is 37.9 Å². The summed E-state index contributed by atoms with van der Waals surface area (Å²) in [5.41, 5.74) is 4.69. The van der Waals surface area contributed by atoms with Crippen LogP contribution in [0.15, 0.2) is 48.6 Å². The van der Waals surface area contributed by atoms with Gasteiger partial charge in [0.15, 0.2) is 35.2 Å². The number of piperidine rings is 1. The molecule has 3 saturated heterocycles. The summed E-state index contributed by atoms with van der Waals surface area (Å²) < 4.78 is 50.6. The fourth-order valence-electron chi connectivity index (χ4n) is 12.2. The summed E-state index contributed by atoms with van der Waals surface area (Å²) in [6.07, 6.45) is 8.58. The molecule has 9 aliphatic rings. The smallest absolute Gasteiger partial charge is 0.488 e. The summed E-state index contributed by atoms with van der Waals surface area (Å²) in [6.45, 7) is 10.4. The fourth-order valence-corrected chi connectivity index (χ4v) is 12.2. The van der Waals surface area contributed by atoms with Crippen LogP contribution in [-0.4, -0.2) is 169 Å². The number of rotatable bonds is 11. The maximum absolute atomic E-state index is 14.1. The molecule has 2 aromatic rings. The molecule has 2 unspecified atom stereocenters. The molecule has 2 bridgehead atoms. The zero-order chi connectivity index (χ0) is 39.8. The molecular weight excluding hydrogens is 753 g/mol. The minimum absolute atomic E-state index is 0.0205. The van der Waals surface area contributed by atoms with E-state index in [1.807, 2.05) is 12.2 Å². The first-order valence-electron chi connectivity index (χ1n) is 22.0. The molecule has 5 heterocycles. The number of carbonyl (C=O) groups is 1. The van der Waals surface area contributed by atoms with Crippen LogP contribution in [-0.2, 0) is 37.2 Å². The first-order chi connectivity index (χ1) is 28.9. The largest absolute Gasteiger partial charge is 0.509 e. The maximum atomic E-state index is 14.1. The maximum Gasteiger partial charge on any atom is 0.509 e. The summed E-state index contributed by atoms with van der Waals surface area (Å²) >= 11 is 0. The number of likely N-dealkylation sites (tertiary alicyclic amines) is 1. The molecule has 0 radical (unpaired) electrons. The molecule has 59 heavy (non-hydrogen) atoms. The minimum Gasteiger partial charge on any atom is -0.488 e. The highest BCUT2D eigenvalue weighted by molar-refractivity contribution is 5.65. The lowest BCUT2D eigenvalue weighted by molar-refractivity contribution is -0.0750. The lowest BCUT2D eigenvalue weighted by Gasteiger charge is -2.56. The van der Waals surface area contributed by atoms with Crippen molar-refractivity contribution >= 4 is 6.16 Å². The molecule has 4 aliphatic carbocycles. The van der Waals surface area contributed by atoms with Crippen LogP contribution < -0.4 is 18.9 Å². The molecule has 0 N–H and O–H groups in total. The van der Waals surface area contributed by atoms with Gasteiger partial charge in [-0.3, -0.25) is 9.80 Å². The van der Waals surface area contributed by atoms with Gasteiger partial charge in [-0.15, -0.1) is 0 Å². The van der Waals surface area contributed by atoms with E-state index < -0.39 is 30.6 Å². The molecule has 3 fully saturated rings. The third-order valence-corrected chi connectivity index (χ3v) is 15.1.